The molecule has 1 amide bonds. The van der Waals surface area contributed by atoms with E-state index in [0.717, 1.165) is 12.8 Å². The van der Waals surface area contributed by atoms with Crippen LogP contribution in [0.5, 0.6) is 0 Å². The Hall–Kier alpha value is -1.69. The third-order valence-corrected chi connectivity index (χ3v) is 2.99. The number of hydrogen-bond acceptors (Lipinski definition) is 4. The Morgan fingerprint density at radius 2 is 2.50 bits per heavy atom. The first-order chi connectivity index (χ1) is 7.79. The summed E-state index contributed by atoms with van der Waals surface area (Å²) in [5.41, 5.74) is 0.437. The van der Waals surface area contributed by atoms with Gasteiger partial charge in [-0.3, -0.25) is 15.2 Å². The van der Waals surface area contributed by atoms with Crippen molar-refractivity contribution in [3.8, 4) is 0 Å². The fourth-order valence-electron chi connectivity index (χ4n) is 1.27. The molecule has 0 aliphatic rings. The molecule has 5 nitrogen and oxygen atoms in total. The maximum Gasteiger partial charge on any atom is 0.275 e. The fraction of sp³-hybridized carbons (Fsp3) is 0.300. The molecule has 0 atom stereocenters. The molecular formula is C10H12N4OS. The van der Waals surface area contributed by atoms with Crippen LogP contribution in [-0.4, -0.2) is 21.1 Å². The number of aromatic amines is 1. The Balaban J connectivity index is 2.01. The molecule has 0 aromatic carbocycles. The van der Waals surface area contributed by atoms with Crippen molar-refractivity contribution in [3.05, 3.63) is 29.0 Å². The average Bonchev–Trinajstić information content (AvgIpc) is 2.89. The summed E-state index contributed by atoms with van der Waals surface area (Å²) in [6.45, 7) is 2.11. The lowest BCUT2D eigenvalue weighted by atomic mass is 10.3. The van der Waals surface area contributed by atoms with E-state index >= 15 is 0 Å². The molecule has 0 saturated heterocycles. The van der Waals surface area contributed by atoms with Gasteiger partial charge in [0, 0.05) is 17.3 Å². The molecule has 0 fully saturated rings. The number of anilines is 1. The van der Waals surface area contributed by atoms with Gasteiger partial charge in [0.1, 0.15) is 5.69 Å². The van der Waals surface area contributed by atoms with Gasteiger partial charge in [0.15, 0.2) is 5.13 Å². The van der Waals surface area contributed by atoms with Gasteiger partial charge in [0.25, 0.3) is 5.91 Å². The molecule has 0 unspecified atom stereocenters. The minimum absolute atomic E-state index is 0.213. The van der Waals surface area contributed by atoms with E-state index in [1.165, 1.54) is 16.2 Å². The summed E-state index contributed by atoms with van der Waals surface area (Å²) >= 11 is 1.51. The van der Waals surface area contributed by atoms with Crippen molar-refractivity contribution in [1.82, 2.24) is 15.2 Å². The topological polar surface area (TPSA) is 70.7 Å². The van der Waals surface area contributed by atoms with Crippen LogP contribution in [0.1, 0.15) is 28.7 Å². The van der Waals surface area contributed by atoms with Gasteiger partial charge in [-0.2, -0.15) is 5.10 Å². The van der Waals surface area contributed by atoms with Crippen LogP contribution in [0, 0.1) is 0 Å². The van der Waals surface area contributed by atoms with Crippen molar-refractivity contribution in [1.29, 1.82) is 0 Å². The highest BCUT2D eigenvalue weighted by molar-refractivity contribution is 7.15. The van der Waals surface area contributed by atoms with Crippen LogP contribution in [0.2, 0.25) is 0 Å². The zero-order valence-electron chi connectivity index (χ0n) is 8.86. The number of nitrogens with zero attached hydrogens (tertiary/aromatic N) is 2. The van der Waals surface area contributed by atoms with Crippen molar-refractivity contribution in [2.75, 3.05) is 5.32 Å². The zero-order valence-corrected chi connectivity index (χ0v) is 9.67. The van der Waals surface area contributed by atoms with Gasteiger partial charge in [0.2, 0.25) is 0 Å². The molecule has 2 aromatic rings. The molecule has 0 radical (unpaired) electrons. The first kappa shape index (κ1) is 10.8. The Kier molecular flexibility index (Phi) is 3.31. The third kappa shape index (κ3) is 2.46. The molecule has 0 spiro atoms. The number of carbonyl (C=O) groups is 1. The Morgan fingerprint density at radius 1 is 1.62 bits per heavy atom. The van der Waals surface area contributed by atoms with Crippen LogP contribution >= 0.6 is 11.3 Å². The number of aryl methyl sites for hydroxylation is 1. The standard InChI is InChI=1S/C10H12N4OS/c1-2-3-7-6-11-10(16-7)13-9(15)8-4-5-12-14-8/h4-6H,2-3H2,1H3,(H,12,14)(H,11,13,15). The SMILES string of the molecule is CCCc1cnc(NC(=O)c2ccn[nH]2)s1. The fourth-order valence-corrected chi connectivity index (χ4v) is 2.18. The second-order valence-corrected chi connectivity index (χ2v) is 4.42. The minimum Gasteiger partial charge on any atom is -0.297 e. The second kappa shape index (κ2) is 4.89. The maximum absolute atomic E-state index is 11.6. The summed E-state index contributed by atoms with van der Waals surface area (Å²) in [5.74, 6) is -0.213. The lowest BCUT2D eigenvalue weighted by molar-refractivity contribution is 0.102. The highest BCUT2D eigenvalue weighted by Crippen LogP contribution is 2.19. The van der Waals surface area contributed by atoms with E-state index in [1.807, 2.05) is 0 Å². The van der Waals surface area contributed by atoms with Gasteiger partial charge < -0.3 is 0 Å². The number of amides is 1. The molecule has 2 N–H and O–H groups in total. The monoisotopic (exact) mass is 236 g/mol. The summed E-state index contributed by atoms with van der Waals surface area (Å²) in [4.78, 5) is 16.9. The molecule has 0 aliphatic heterocycles. The molecule has 2 aromatic heterocycles. The summed E-state index contributed by atoms with van der Waals surface area (Å²) in [6, 6.07) is 1.62. The summed E-state index contributed by atoms with van der Waals surface area (Å²) in [7, 11) is 0. The van der Waals surface area contributed by atoms with Crippen molar-refractivity contribution in [2.45, 2.75) is 19.8 Å². The predicted octanol–water partition coefficient (Wildman–Crippen LogP) is 2.07. The van der Waals surface area contributed by atoms with Gasteiger partial charge in [0.05, 0.1) is 0 Å². The van der Waals surface area contributed by atoms with Crippen LogP contribution in [0.3, 0.4) is 0 Å². The van der Waals surface area contributed by atoms with Crippen LogP contribution in [0.15, 0.2) is 18.5 Å². The molecular weight excluding hydrogens is 224 g/mol. The van der Waals surface area contributed by atoms with E-state index in [0.29, 0.717) is 10.8 Å². The summed E-state index contributed by atoms with van der Waals surface area (Å²) in [5, 5.41) is 9.67. The molecule has 0 saturated carbocycles. The highest BCUT2D eigenvalue weighted by Gasteiger charge is 2.09. The van der Waals surface area contributed by atoms with E-state index in [2.05, 4.69) is 27.4 Å². The van der Waals surface area contributed by atoms with Crippen LogP contribution in [0.25, 0.3) is 0 Å². The number of hydrogen-bond donors (Lipinski definition) is 2. The Bertz CT molecular complexity index is 463. The number of rotatable bonds is 4. The zero-order chi connectivity index (χ0) is 11.4. The second-order valence-electron chi connectivity index (χ2n) is 3.31. The molecule has 0 aliphatic carbocycles. The molecule has 6 heteroatoms. The van der Waals surface area contributed by atoms with Gasteiger partial charge in [-0.25, -0.2) is 4.98 Å². The van der Waals surface area contributed by atoms with Crippen molar-refractivity contribution in [3.63, 3.8) is 0 Å². The highest BCUT2D eigenvalue weighted by atomic mass is 32.1. The molecule has 0 bridgehead atoms. The smallest absolute Gasteiger partial charge is 0.275 e. The minimum atomic E-state index is -0.213. The molecule has 2 heterocycles. The number of thiazole rings is 1. The van der Waals surface area contributed by atoms with Gasteiger partial charge in [-0.1, -0.05) is 13.3 Å². The van der Waals surface area contributed by atoms with E-state index < -0.39 is 0 Å². The van der Waals surface area contributed by atoms with E-state index in [1.54, 1.807) is 18.5 Å². The number of nitrogens with one attached hydrogen (secondary N) is 2. The van der Waals surface area contributed by atoms with Crippen molar-refractivity contribution in [2.24, 2.45) is 0 Å². The summed E-state index contributed by atoms with van der Waals surface area (Å²) < 4.78 is 0. The van der Waals surface area contributed by atoms with Crippen LogP contribution in [0.4, 0.5) is 5.13 Å². The summed E-state index contributed by atoms with van der Waals surface area (Å²) in [6.07, 6.45) is 5.42. The molecule has 84 valence electrons. The molecule has 16 heavy (non-hydrogen) atoms. The van der Waals surface area contributed by atoms with E-state index in [-0.39, 0.29) is 5.91 Å². The Labute approximate surface area is 96.9 Å². The Morgan fingerprint density at radius 3 is 3.19 bits per heavy atom. The largest absolute Gasteiger partial charge is 0.297 e. The first-order valence-corrected chi connectivity index (χ1v) is 5.86. The van der Waals surface area contributed by atoms with Crippen molar-refractivity contribution >= 4 is 22.4 Å². The number of carbonyl (C=O) groups excluding carboxylic acids is 1. The predicted molar refractivity (Wildman–Crippen MR) is 62.6 cm³/mol. The van der Waals surface area contributed by atoms with Crippen molar-refractivity contribution < 1.29 is 4.79 Å². The lowest BCUT2D eigenvalue weighted by Gasteiger charge is -1.97. The van der Waals surface area contributed by atoms with Crippen LogP contribution in [-0.2, 0) is 6.42 Å². The van der Waals surface area contributed by atoms with Gasteiger partial charge in [-0.15, -0.1) is 11.3 Å². The van der Waals surface area contributed by atoms with Crippen LogP contribution < -0.4 is 5.32 Å². The van der Waals surface area contributed by atoms with E-state index in [9.17, 15) is 4.79 Å². The normalized spacial score (nSPS) is 10.3. The quantitative estimate of drug-likeness (QED) is 0.853. The maximum atomic E-state index is 11.6. The van der Waals surface area contributed by atoms with Gasteiger partial charge in [-0.05, 0) is 12.5 Å². The first-order valence-electron chi connectivity index (χ1n) is 5.05. The molecule has 2 rings (SSSR count). The van der Waals surface area contributed by atoms with Gasteiger partial charge >= 0.3 is 0 Å². The third-order valence-electron chi connectivity index (χ3n) is 2.02. The number of aromatic nitrogens is 3. The average molecular weight is 236 g/mol. The number of H-pyrrole nitrogens is 1. The van der Waals surface area contributed by atoms with E-state index in [4.69, 9.17) is 0 Å². The lowest BCUT2D eigenvalue weighted by Crippen LogP contribution is -2.11.